The molecule has 0 aliphatic carbocycles. The first-order valence-electron chi connectivity index (χ1n) is 6.11. The van der Waals surface area contributed by atoms with Crippen molar-refractivity contribution in [3.63, 3.8) is 0 Å². The first-order valence-corrected chi connectivity index (χ1v) is 6.49. The zero-order valence-corrected chi connectivity index (χ0v) is 11.6. The highest BCUT2D eigenvalue weighted by Crippen LogP contribution is 2.36. The third kappa shape index (κ3) is 3.15. The molecule has 19 heavy (non-hydrogen) atoms. The van der Waals surface area contributed by atoms with E-state index < -0.39 is 11.7 Å². The van der Waals surface area contributed by atoms with Crippen LogP contribution >= 0.6 is 11.6 Å². The van der Waals surface area contributed by atoms with Gasteiger partial charge in [-0.15, -0.1) is 0 Å². The van der Waals surface area contributed by atoms with Crippen molar-refractivity contribution in [3.8, 4) is 0 Å². The number of hydrogen-bond donors (Lipinski definition) is 0. The third-order valence-electron chi connectivity index (χ3n) is 3.41. The van der Waals surface area contributed by atoms with Crippen LogP contribution in [0.25, 0.3) is 0 Å². The standard InChI is InChI=1S/C13H16ClF3N2/c1-9-8-18(2)5-6-19(9)12-7-10(13(15,16)17)3-4-11(12)14/h3-4,7,9H,5-6,8H2,1-2H3/t9-/m1/s1. The van der Waals surface area contributed by atoms with E-state index in [1.807, 2.05) is 18.9 Å². The summed E-state index contributed by atoms with van der Waals surface area (Å²) >= 11 is 6.06. The molecule has 1 fully saturated rings. The largest absolute Gasteiger partial charge is 0.416 e. The van der Waals surface area contributed by atoms with Crippen molar-refractivity contribution in [1.29, 1.82) is 0 Å². The fourth-order valence-corrected chi connectivity index (χ4v) is 2.63. The second-order valence-electron chi connectivity index (χ2n) is 4.97. The van der Waals surface area contributed by atoms with Gasteiger partial charge in [-0.05, 0) is 32.2 Å². The molecular weight excluding hydrogens is 277 g/mol. The number of benzene rings is 1. The van der Waals surface area contributed by atoms with Gasteiger partial charge in [-0.3, -0.25) is 0 Å². The van der Waals surface area contributed by atoms with E-state index in [2.05, 4.69) is 4.90 Å². The van der Waals surface area contributed by atoms with Gasteiger partial charge in [0.25, 0.3) is 0 Å². The van der Waals surface area contributed by atoms with Crippen LogP contribution in [0.15, 0.2) is 18.2 Å². The molecule has 6 heteroatoms. The van der Waals surface area contributed by atoms with Crippen LogP contribution in [0.2, 0.25) is 5.02 Å². The average molecular weight is 293 g/mol. The van der Waals surface area contributed by atoms with Gasteiger partial charge in [-0.25, -0.2) is 0 Å². The van der Waals surface area contributed by atoms with E-state index in [0.717, 1.165) is 25.2 Å². The number of halogens is 4. The molecule has 0 saturated carbocycles. The summed E-state index contributed by atoms with van der Waals surface area (Å²) in [5.74, 6) is 0. The minimum atomic E-state index is -4.34. The first kappa shape index (κ1) is 14.5. The van der Waals surface area contributed by atoms with Gasteiger partial charge in [0.15, 0.2) is 0 Å². The Kier molecular flexibility index (Phi) is 3.97. The molecule has 1 atom stereocenters. The minimum absolute atomic E-state index is 0.139. The van der Waals surface area contributed by atoms with Crippen molar-refractivity contribution in [2.24, 2.45) is 0 Å². The molecule has 0 radical (unpaired) electrons. The van der Waals surface area contributed by atoms with Crippen molar-refractivity contribution in [2.45, 2.75) is 19.1 Å². The number of hydrogen-bond acceptors (Lipinski definition) is 2. The third-order valence-corrected chi connectivity index (χ3v) is 3.73. The Labute approximate surface area is 115 Å². The normalized spacial score (nSPS) is 21.8. The van der Waals surface area contributed by atoms with Crippen molar-refractivity contribution < 1.29 is 13.2 Å². The molecule has 0 aromatic heterocycles. The van der Waals surface area contributed by atoms with Crippen LogP contribution in [0.3, 0.4) is 0 Å². The SMILES string of the molecule is C[C@@H]1CN(C)CCN1c1cc(C(F)(F)F)ccc1Cl. The molecule has 1 heterocycles. The lowest BCUT2D eigenvalue weighted by Gasteiger charge is -2.40. The Morgan fingerprint density at radius 1 is 1.26 bits per heavy atom. The summed E-state index contributed by atoms with van der Waals surface area (Å²) in [5.41, 5.74) is -0.185. The monoisotopic (exact) mass is 292 g/mol. The molecular formula is C13H16ClF3N2. The van der Waals surface area contributed by atoms with E-state index in [0.29, 0.717) is 17.3 Å². The number of likely N-dealkylation sites (N-methyl/N-ethyl adjacent to an activating group) is 1. The molecule has 1 aromatic carbocycles. The lowest BCUT2D eigenvalue weighted by molar-refractivity contribution is -0.137. The number of nitrogens with zero attached hydrogens (tertiary/aromatic N) is 2. The summed E-state index contributed by atoms with van der Waals surface area (Å²) in [5, 5.41) is 0.365. The number of rotatable bonds is 1. The Hall–Kier alpha value is -0.940. The van der Waals surface area contributed by atoms with Gasteiger partial charge >= 0.3 is 6.18 Å². The quantitative estimate of drug-likeness (QED) is 0.782. The smallest absolute Gasteiger partial charge is 0.365 e. The molecule has 2 rings (SSSR count). The Bertz CT molecular complexity index is 462. The summed E-state index contributed by atoms with van der Waals surface area (Å²) in [6.45, 7) is 4.30. The van der Waals surface area contributed by atoms with Crippen LogP contribution in [0.1, 0.15) is 12.5 Å². The highest BCUT2D eigenvalue weighted by Gasteiger charge is 2.32. The molecule has 0 amide bonds. The van der Waals surface area contributed by atoms with E-state index in [1.54, 1.807) is 0 Å². The van der Waals surface area contributed by atoms with Crippen LogP contribution in [0.5, 0.6) is 0 Å². The zero-order valence-electron chi connectivity index (χ0n) is 10.8. The molecule has 1 saturated heterocycles. The molecule has 0 unspecified atom stereocenters. The van der Waals surface area contributed by atoms with E-state index in [1.165, 1.54) is 6.07 Å². The summed E-state index contributed by atoms with van der Waals surface area (Å²) in [7, 11) is 2.00. The second-order valence-corrected chi connectivity index (χ2v) is 5.38. The van der Waals surface area contributed by atoms with Gasteiger partial charge in [0.1, 0.15) is 0 Å². The molecule has 1 aliphatic heterocycles. The maximum atomic E-state index is 12.8. The van der Waals surface area contributed by atoms with Gasteiger partial charge < -0.3 is 9.80 Å². The van der Waals surface area contributed by atoms with Gasteiger partial charge in [-0.2, -0.15) is 13.2 Å². The predicted molar refractivity (Wildman–Crippen MR) is 70.8 cm³/mol. The maximum Gasteiger partial charge on any atom is 0.416 e. The molecule has 106 valence electrons. The van der Waals surface area contributed by atoms with Crippen LogP contribution in [-0.2, 0) is 6.18 Å². The minimum Gasteiger partial charge on any atom is -0.365 e. The zero-order chi connectivity index (χ0) is 14.2. The van der Waals surface area contributed by atoms with Crippen LogP contribution in [-0.4, -0.2) is 37.6 Å². The van der Waals surface area contributed by atoms with Crippen molar-refractivity contribution in [2.75, 3.05) is 31.6 Å². The molecule has 0 bridgehead atoms. The summed E-state index contributed by atoms with van der Waals surface area (Å²) in [6, 6.07) is 3.63. The topological polar surface area (TPSA) is 6.48 Å². The number of anilines is 1. The Balaban J connectivity index is 2.33. The highest BCUT2D eigenvalue weighted by atomic mass is 35.5. The van der Waals surface area contributed by atoms with Crippen molar-refractivity contribution in [3.05, 3.63) is 28.8 Å². The van der Waals surface area contributed by atoms with Crippen LogP contribution < -0.4 is 4.90 Å². The van der Waals surface area contributed by atoms with E-state index in [4.69, 9.17) is 11.6 Å². The predicted octanol–water partition coefficient (Wildman–Crippen LogP) is 3.50. The fourth-order valence-electron chi connectivity index (χ4n) is 2.41. The summed E-state index contributed by atoms with van der Waals surface area (Å²) in [6.07, 6.45) is -4.34. The Morgan fingerprint density at radius 2 is 1.95 bits per heavy atom. The summed E-state index contributed by atoms with van der Waals surface area (Å²) in [4.78, 5) is 4.10. The van der Waals surface area contributed by atoms with Crippen molar-refractivity contribution in [1.82, 2.24) is 4.90 Å². The average Bonchev–Trinajstić information content (AvgIpc) is 2.29. The molecule has 2 nitrogen and oxygen atoms in total. The Morgan fingerprint density at radius 3 is 2.53 bits per heavy atom. The fraction of sp³-hybridized carbons (Fsp3) is 0.538. The van der Waals surface area contributed by atoms with Crippen LogP contribution in [0, 0.1) is 0 Å². The van der Waals surface area contributed by atoms with Gasteiger partial charge in [0.2, 0.25) is 0 Å². The van der Waals surface area contributed by atoms with Gasteiger partial charge in [0, 0.05) is 25.7 Å². The van der Waals surface area contributed by atoms with E-state index in [9.17, 15) is 13.2 Å². The molecule has 0 spiro atoms. The van der Waals surface area contributed by atoms with Gasteiger partial charge in [0.05, 0.1) is 16.3 Å². The number of piperazine rings is 1. The lowest BCUT2D eigenvalue weighted by Crippen LogP contribution is -2.50. The maximum absolute atomic E-state index is 12.8. The van der Waals surface area contributed by atoms with E-state index in [-0.39, 0.29) is 6.04 Å². The molecule has 1 aromatic rings. The lowest BCUT2D eigenvalue weighted by atomic mass is 10.1. The molecule has 0 N–H and O–H groups in total. The van der Waals surface area contributed by atoms with Gasteiger partial charge in [-0.1, -0.05) is 11.6 Å². The first-order chi connectivity index (χ1) is 8.79. The second kappa shape index (κ2) is 5.21. The van der Waals surface area contributed by atoms with E-state index >= 15 is 0 Å². The summed E-state index contributed by atoms with van der Waals surface area (Å²) < 4.78 is 38.3. The number of alkyl halides is 3. The molecule has 1 aliphatic rings. The van der Waals surface area contributed by atoms with Crippen LogP contribution in [0.4, 0.5) is 18.9 Å². The highest BCUT2D eigenvalue weighted by molar-refractivity contribution is 6.33. The van der Waals surface area contributed by atoms with Crippen molar-refractivity contribution >= 4 is 17.3 Å².